The van der Waals surface area contributed by atoms with Gasteiger partial charge in [-0.05, 0) is 36.9 Å². The molecule has 1 N–H and O–H groups in total. The van der Waals surface area contributed by atoms with Crippen molar-refractivity contribution in [1.82, 2.24) is 9.69 Å². The summed E-state index contributed by atoms with van der Waals surface area (Å²) < 4.78 is 27.1. The third kappa shape index (κ3) is 3.76. The molecule has 0 aliphatic heterocycles. The molecule has 0 bridgehead atoms. The third-order valence-electron chi connectivity index (χ3n) is 3.29. The molecule has 2 rings (SSSR count). The van der Waals surface area contributed by atoms with Crippen LogP contribution in [0.1, 0.15) is 30.6 Å². The predicted molar refractivity (Wildman–Crippen MR) is 69.8 cm³/mol. The Hall–Kier alpha value is -0.460. The fraction of sp³-hybridized carbons (Fsp3) is 0.727. The molecule has 2 unspecified atom stereocenters. The Bertz CT molecular complexity index is 442. The summed E-state index contributed by atoms with van der Waals surface area (Å²) >= 11 is 1.49. The van der Waals surface area contributed by atoms with E-state index in [2.05, 4.69) is 9.69 Å². The number of aromatic nitrogens is 1. The van der Waals surface area contributed by atoms with Crippen LogP contribution in [0.15, 0.2) is 12.3 Å². The molecule has 2 atom stereocenters. The monoisotopic (exact) mass is 274 g/mol. The molecule has 6 heteroatoms. The SMILES string of the molecule is CS(=O)(=O)C1CCCC(NCc2ccns2)C1. The highest BCUT2D eigenvalue weighted by Gasteiger charge is 2.28. The maximum Gasteiger partial charge on any atom is 0.150 e. The minimum Gasteiger partial charge on any atom is -0.309 e. The highest BCUT2D eigenvalue weighted by Crippen LogP contribution is 2.24. The van der Waals surface area contributed by atoms with Crippen molar-refractivity contribution in [1.29, 1.82) is 0 Å². The summed E-state index contributed by atoms with van der Waals surface area (Å²) in [5.41, 5.74) is 0. The molecule has 1 aromatic rings. The first-order valence-corrected chi connectivity index (χ1v) is 8.60. The van der Waals surface area contributed by atoms with Crippen LogP contribution in [0.3, 0.4) is 0 Å². The molecule has 1 saturated carbocycles. The molecule has 0 amide bonds. The normalized spacial score (nSPS) is 25.9. The summed E-state index contributed by atoms with van der Waals surface area (Å²) in [6, 6.07) is 2.32. The fourth-order valence-corrected chi connectivity index (χ4v) is 4.00. The Morgan fingerprint density at radius 2 is 2.35 bits per heavy atom. The minimum absolute atomic E-state index is 0.157. The van der Waals surface area contributed by atoms with Gasteiger partial charge in [0, 0.05) is 29.9 Å². The van der Waals surface area contributed by atoms with Crippen molar-refractivity contribution in [2.75, 3.05) is 6.26 Å². The summed E-state index contributed by atoms with van der Waals surface area (Å²) in [7, 11) is -2.88. The highest BCUT2D eigenvalue weighted by molar-refractivity contribution is 7.91. The lowest BCUT2D eigenvalue weighted by Gasteiger charge is -2.28. The molecule has 1 fully saturated rings. The van der Waals surface area contributed by atoms with Crippen molar-refractivity contribution in [3.8, 4) is 0 Å². The summed E-state index contributed by atoms with van der Waals surface area (Å²) in [6.07, 6.45) is 6.78. The van der Waals surface area contributed by atoms with E-state index in [1.165, 1.54) is 22.7 Å². The fourth-order valence-electron chi connectivity index (χ4n) is 2.30. The molecule has 1 aliphatic rings. The molecule has 0 radical (unpaired) electrons. The number of hydrogen-bond donors (Lipinski definition) is 1. The first kappa shape index (κ1) is 13.0. The number of hydrogen-bond acceptors (Lipinski definition) is 5. The maximum atomic E-state index is 11.5. The van der Waals surface area contributed by atoms with Crippen molar-refractivity contribution < 1.29 is 8.42 Å². The molecule has 4 nitrogen and oxygen atoms in total. The van der Waals surface area contributed by atoms with E-state index >= 15 is 0 Å². The highest BCUT2D eigenvalue weighted by atomic mass is 32.2. The summed E-state index contributed by atoms with van der Waals surface area (Å²) in [4.78, 5) is 1.20. The van der Waals surface area contributed by atoms with Crippen LogP contribution < -0.4 is 5.32 Å². The lowest BCUT2D eigenvalue weighted by molar-refractivity contribution is 0.372. The van der Waals surface area contributed by atoms with Gasteiger partial charge in [0.05, 0.1) is 5.25 Å². The van der Waals surface area contributed by atoms with Crippen LogP contribution in [0, 0.1) is 0 Å². The van der Waals surface area contributed by atoms with Crippen molar-refractivity contribution in [3.63, 3.8) is 0 Å². The van der Waals surface area contributed by atoms with Gasteiger partial charge in [-0.1, -0.05) is 6.42 Å². The largest absolute Gasteiger partial charge is 0.309 e. The van der Waals surface area contributed by atoms with Crippen LogP contribution >= 0.6 is 11.5 Å². The Morgan fingerprint density at radius 3 is 3.00 bits per heavy atom. The summed E-state index contributed by atoms with van der Waals surface area (Å²) in [5, 5.41) is 3.27. The first-order valence-electron chi connectivity index (χ1n) is 5.87. The Balaban J connectivity index is 1.85. The van der Waals surface area contributed by atoms with E-state index in [9.17, 15) is 8.42 Å². The van der Waals surface area contributed by atoms with E-state index in [1.54, 1.807) is 6.20 Å². The number of nitrogens with one attached hydrogen (secondary N) is 1. The van der Waals surface area contributed by atoms with Crippen LogP contribution in [-0.2, 0) is 16.4 Å². The van der Waals surface area contributed by atoms with E-state index in [0.29, 0.717) is 6.04 Å². The average Bonchev–Trinajstić information content (AvgIpc) is 2.78. The second-order valence-electron chi connectivity index (χ2n) is 4.67. The van der Waals surface area contributed by atoms with E-state index < -0.39 is 9.84 Å². The van der Waals surface area contributed by atoms with Crippen LogP contribution in [-0.4, -0.2) is 30.3 Å². The molecule has 1 heterocycles. The van der Waals surface area contributed by atoms with Gasteiger partial charge in [-0.25, -0.2) is 12.8 Å². The molecule has 96 valence electrons. The van der Waals surface area contributed by atoms with Crippen LogP contribution in [0.2, 0.25) is 0 Å². The molecule has 1 aromatic heterocycles. The van der Waals surface area contributed by atoms with Gasteiger partial charge in [-0.3, -0.25) is 0 Å². The predicted octanol–water partition coefficient (Wildman–Crippen LogP) is 1.59. The Kier molecular flexibility index (Phi) is 4.17. The molecule has 0 aromatic carbocycles. The van der Waals surface area contributed by atoms with Gasteiger partial charge in [0.1, 0.15) is 9.84 Å². The van der Waals surface area contributed by atoms with Crippen molar-refractivity contribution >= 4 is 21.4 Å². The zero-order chi connectivity index (χ0) is 12.3. The molecular weight excluding hydrogens is 256 g/mol. The lowest BCUT2D eigenvalue weighted by atomic mass is 9.95. The topological polar surface area (TPSA) is 59.1 Å². The van der Waals surface area contributed by atoms with Gasteiger partial charge in [0.25, 0.3) is 0 Å². The second kappa shape index (κ2) is 5.46. The zero-order valence-electron chi connectivity index (χ0n) is 9.93. The van der Waals surface area contributed by atoms with Gasteiger partial charge in [-0.15, -0.1) is 0 Å². The molecular formula is C11H18N2O2S2. The number of sulfone groups is 1. The Labute approximate surface area is 107 Å². The van der Waals surface area contributed by atoms with E-state index in [0.717, 1.165) is 32.2 Å². The second-order valence-corrected chi connectivity index (χ2v) is 7.92. The standard InChI is InChI=1S/C11H18N2O2S2/c1-17(14,15)11-4-2-3-9(7-11)12-8-10-5-6-13-16-10/h5-6,9,11-12H,2-4,7-8H2,1H3. The van der Waals surface area contributed by atoms with Gasteiger partial charge in [0.15, 0.2) is 0 Å². The van der Waals surface area contributed by atoms with E-state index in [4.69, 9.17) is 0 Å². The molecule has 0 spiro atoms. The number of nitrogens with zero attached hydrogens (tertiary/aromatic N) is 1. The van der Waals surface area contributed by atoms with Gasteiger partial charge in [0.2, 0.25) is 0 Å². The quantitative estimate of drug-likeness (QED) is 0.906. The molecule has 0 saturated heterocycles. The first-order chi connectivity index (χ1) is 8.05. The maximum absolute atomic E-state index is 11.5. The summed E-state index contributed by atoms with van der Waals surface area (Å²) in [5.74, 6) is 0. The van der Waals surface area contributed by atoms with Crippen LogP contribution in [0.25, 0.3) is 0 Å². The lowest BCUT2D eigenvalue weighted by Crippen LogP contribution is -2.38. The third-order valence-corrected chi connectivity index (χ3v) is 5.67. The average molecular weight is 274 g/mol. The van der Waals surface area contributed by atoms with E-state index in [-0.39, 0.29) is 5.25 Å². The van der Waals surface area contributed by atoms with Gasteiger partial charge >= 0.3 is 0 Å². The van der Waals surface area contributed by atoms with Crippen LogP contribution in [0.4, 0.5) is 0 Å². The van der Waals surface area contributed by atoms with Crippen LogP contribution in [0.5, 0.6) is 0 Å². The summed E-state index contributed by atoms with van der Waals surface area (Å²) in [6.45, 7) is 0.797. The van der Waals surface area contributed by atoms with Gasteiger partial charge in [-0.2, -0.15) is 0 Å². The van der Waals surface area contributed by atoms with Crippen molar-refractivity contribution in [3.05, 3.63) is 17.1 Å². The zero-order valence-corrected chi connectivity index (χ0v) is 11.6. The van der Waals surface area contributed by atoms with Crippen molar-refractivity contribution in [2.45, 2.75) is 43.5 Å². The minimum atomic E-state index is -2.88. The Morgan fingerprint density at radius 1 is 1.53 bits per heavy atom. The van der Waals surface area contributed by atoms with Crippen molar-refractivity contribution in [2.24, 2.45) is 0 Å². The van der Waals surface area contributed by atoms with E-state index in [1.807, 2.05) is 6.07 Å². The van der Waals surface area contributed by atoms with Gasteiger partial charge < -0.3 is 5.32 Å². The molecule has 17 heavy (non-hydrogen) atoms. The molecule has 1 aliphatic carbocycles. The number of rotatable bonds is 4. The smallest absolute Gasteiger partial charge is 0.150 e.